The summed E-state index contributed by atoms with van der Waals surface area (Å²) in [6.07, 6.45) is 0.610. The maximum atomic E-state index is 11.4. The van der Waals surface area contributed by atoms with Crippen molar-refractivity contribution in [3.63, 3.8) is 0 Å². The Morgan fingerprint density at radius 1 is 1.43 bits per heavy atom. The minimum atomic E-state index is -3.25. The summed E-state index contributed by atoms with van der Waals surface area (Å²) in [5, 5.41) is 0. The molecule has 0 bridgehead atoms. The van der Waals surface area contributed by atoms with Crippen LogP contribution in [0.5, 0.6) is 0 Å². The van der Waals surface area contributed by atoms with Crippen LogP contribution in [-0.2, 0) is 14.8 Å². The zero-order valence-corrected chi connectivity index (χ0v) is 9.86. The average Bonchev–Trinajstić information content (AvgIpc) is 1.98. The third-order valence-corrected chi connectivity index (χ3v) is 3.33. The molecule has 0 saturated carbocycles. The minimum absolute atomic E-state index is 0.0164. The minimum Gasteiger partial charge on any atom is -0.384 e. The van der Waals surface area contributed by atoms with E-state index < -0.39 is 15.6 Å². The second-order valence-electron chi connectivity index (χ2n) is 3.84. The highest BCUT2D eigenvalue weighted by molar-refractivity contribution is 7.89. The third kappa shape index (κ3) is 6.31. The lowest BCUT2D eigenvalue weighted by molar-refractivity contribution is 0.216. The van der Waals surface area contributed by atoms with Crippen LogP contribution >= 0.6 is 0 Å². The van der Waals surface area contributed by atoms with Gasteiger partial charge >= 0.3 is 0 Å². The molecule has 86 valence electrons. The topological polar surface area (TPSA) is 81.4 Å². The van der Waals surface area contributed by atoms with Crippen LogP contribution in [0, 0.1) is 0 Å². The van der Waals surface area contributed by atoms with E-state index in [0.717, 1.165) is 0 Å². The lowest BCUT2D eigenvalue weighted by atomic mass is 10.0. The van der Waals surface area contributed by atoms with Crippen LogP contribution in [0.2, 0.25) is 0 Å². The van der Waals surface area contributed by atoms with Crippen LogP contribution < -0.4 is 10.5 Å². The van der Waals surface area contributed by atoms with Crippen molar-refractivity contribution in [2.45, 2.75) is 25.8 Å². The molecule has 0 aliphatic heterocycles. The van der Waals surface area contributed by atoms with E-state index in [1.54, 1.807) is 0 Å². The van der Waals surface area contributed by atoms with Crippen LogP contribution in [0.3, 0.4) is 0 Å². The van der Waals surface area contributed by atoms with E-state index in [1.165, 1.54) is 7.11 Å². The maximum absolute atomic E-state index is 11.4. The molecule has 0 heterocycles. The molecule has 0 aliphatic carbocycles. The molecule has 0 aromatic rings. The van der Waals surface area contributed by atoms with Gasteiger partial charge in [0.1, 0.15) is 0 Å². The Morgan fingerprint density at radius 3 is 2.43 bits per heavy atom. The van der Waals surface area contributed by atoms with Gasteiger partial charge in [-0.1, -0.05) is 0 Å². The molecule has 6 heteroatoms. The van der Waals surface area contributed by atoms with Gasteiger partial charge in [-0.15, -0.1) is 0 Å². The zero-order chi connectivity index (χ0) is 11.2. The van der Waals surface area contributed by atoms with Gasteiger partial charge in [-0.05, 0) is 26.8 Å². The summed E-state index contributed by atoms with van der Waals surface area (Å²) >= 11 is 0. The van der Waals surface area contributed by atoms with E-state index in [2.05, 4.69) is 4.72 Å². The molecular weight excluding hydrogens is 204 g/mol. The summed E-state index contributed by atoms with van der Waals surface area (Å²) in [5.74, 6) is -0.0164. The monoisotopic (exact) mass is 224 g/mol. The van der Waals surface area contributed by atoms with Crippen LogP contribution in [0.15, 0.2) is 0 Å². The fourth-order valence-corrected chi connectivity index (χ4v) is 2.51. The number of nitrogens with one attached hydrogen (secondary N) is 1. The SMILES string of the molecule is COCCS(=O)(=O)NC(C)(C)CCN. The number of rotatable bonds is 7. The van der Waals surface area contributed by atoms with Crippen molar-refractivity contribution in [2.75, 3.05) is 26.0 Å². The second kappa shape index (κ2) is 5.65. The van der Waals surface area contributed by atoms with Crippen molar-refractivity contribution in [2.24, 2.45) is 5.73 Å². The number of hydrogen-bond acceptors (Lipinski definition) is 4. The Kier molecular flexibility index (Phi) is 5.58. The molecule has 0 saturated heterocycles. The summed E-state index contributed by atoms with van der Waals surface area (Å²) in [6, 6.07) is 0. The van der Waals surface area contributed by atoms with Gasteiger partial charge in [0.2, 0.25) is 10.0 Å². The van der Waals surface area contributed by atoms with Gasteiger partial charge in [-0.2, -0.15) is 0 Å². The fourth-order valence-electron chi connectivity index (χ4n) is 1.08. The van der Waals surface area contributed by atoms with E-state index in [4.69, 9.17) is 10.5 Å². The maximum Gasteiger partial charge on any atom is 0.214 e. The molecule has 0 fully saturated rings. The average molecular weight is 224 g/mol. The van der Waals surface area contributed by atoms with Gasteiger partial charge in [0.05, 0.1) is 12.4 Å². The van der Waals surface area contributed by atoms with Crippen molar-refractivity contribution in [3.05, 3.63) is 0 Å². The smallest absolute Gasteiger partial charge is 0.214 e. The van der Waals surface area contributed by atoms with E-state index in [-0.39, 0.29) is 12.4 Å². The number of ether oxygens (including phenoxy) is 1. The number of nitrogens with two attached hydrogens (primary N) is 1. The van der Waals surface area contributed by atoms with Gasteiger partial charge in [0.25, 0.3) is 0 Å². The summed E-state index contributed by atoms with van der Waals surface area (Å²) in [7, 11) is -1.78. The van der Waals surface area contributed by atoms with Crippen molar-refractivity contribution < 1.29 is 13.2 Å². The van der Waals surface area contributed by atoms with Crippen molar-refractivity contribution in [1.29, 1.82) is 0 Å². The first-order valence-electron chi connectivity index (χ1n) is 4.53. The molecule has 0 radical (unpaired) electrons. The lowest BCUT2D eigenvalue weighted by Crippen LogP contribution is -2.46. The van der Waals surface area contributed by atoms with Gasteiger partial charge in [0, 0.05) is 12.6 Å². The quantitative estimate of drug-likeness (QED) is 0.621. The van der Waals surface area contributed by atoms with Crippen molar-refractivity contribution in [1.82, 2.24) is 4.72 Å². The summed E-state index contributed by atoms with van der Waals surface area (Å²) in [5.41, 5.74) is 4.89. The fraction of sp³-hybridized carbons (Fsp3) is 1.00. The standard InChI is InChI=1S/C8H20N2O3S/c1-8(2,4-5-9)10-14(11,12)7-6-13-3/h10H,4-7,9H2,1-3H3. The molecule has 0 atom stereocenters. The second-order valence-corrected chi connectivity index (χ2v) is 5.68. The van der Waals surface area contributed by atoms with E-state index in [9.17, 15) is 8.42 Å². The van der Waals surface area contributed by atoms with Crippen molar-refractivity contribution in [3.8, 4) is 0 Å². The molecule has 14 heavy (non-hydrogen) atoms. The Bertz CT molecular complexity index is 249. The molecule has 3 N–H and O–H groups in total. The zero-order valence-electron chi connectivity index (χ0n) is 9.04. The lowest BCUT2D eigenvalue weighted by Gasteiger charge is -2.25. The molecule has 0 amide bonds. The number of methoxy groups -OCH3 is 1. The molecule has 0 spiro atoms. The van der Waals surface area contributed by atoms with Crippen LogP contribution in [-0.4, -0.2) is 40.0 Å². The van der Waals surface area contributed by atoms with Gasteiger partial charge in [0.15, 0.2) is 0 Å². The predicted octanol–water partition coefficient (Wildman–Crippen LogP) is -0.320. The largest absolute Gasteiger partial charge is 0.384 e. The van der Waals surface area contributed by atoms with E-state index in [1.807, 2.05) is 13.8 Å². The van der Waals surface area contributed by atoms with E-state index >= 15 is 0 Å². The Morgan fingerprint density at radius 2 is 2.00 bits per heavy atom. The first-order chi connectivity index (χ1) is 6.33. The van der Waals surface area contributed by atoms with Crippen LogP contribution in [0.4, 0.5) is 0 Å². The third-order valence-electron chi connectivity index (χ3n) is 1.76. The molecule has 0 rings (SSSR count). The summed E-state index contributed by atoms with van der Waals surface area (Å²) < 4.78 is 30.2. The number of sulfonamides is 1. The van der Waals surface area contributed by atoms with Gasteiger partial charge < -0.3 is 10.5 Å². The Balaban J connectivity index is 4.20. The first-order valence-corrected chi connectivity index (χ1v) is 6.19. The molecule has 0 aromatic heterocycles. The highest BCUT2D eigenvalue weighted by Crippen LogP contribution is 2.08. The van der Waals surface area contributed by atoms with Gasteiger partial charge in [-0.25, -0.2) is 13.1 Å². The summed E-state index contributed by atoms with van der Waals surface area (Å²) in [6.45, 7) is 4.28. The molecular formula is C8H20N2O3S. The van der Waals surface area contributed by atoms with Crippen LogP contribution in [0.1, 0.15) is 20.3 Å². The first kappa shape index (κ1) is 13.8. The Hall–Kier alpha value is -0.170. The Labute approximate surface area is 86.1 Å². The highest BCUT2D eigenvalue weighted by atomic mass is 32.2. The van der Waals surface area contributed by atoms with E-state index in [0.29, 0.717) is 13.0 Å². The molecule has 5 nitrogen and oxygen atoms in total. The summed E-state index contributed by atoms with van der Waals surface area (Å²) in [4.78, 5) is 0. The van der Waals surface area contributed by atoms with Crippen molar-refractivity contribution >= 4 is 10.0 Å². The van der Waals surface area contributed by atoms with Gasteiger partial charge in [-0.3, -0.25) is 0 Å². The predicted molar refractivity (Wildman–Crippen MR) is 56.5 cm³/mol. The normalized spacial score (nSPS) is 13.1. The molecule has 0 aliphatic rings. The van der Waals surface area contributed by atoms with Crippen LogP contribution in [0.25, 0.3) is 0 Å². The number of hydrogen-bond donors (Lipinski definition) is 2. The molecule has 0 unspecified atom stereocenters. The molecule has 0 aromatic carbocycles. The highest BCUT2D eigenvalue weighted by Gasteiger charge is 2.23.